The maximum atomic E-state index is 13.6. The molecule has 0 heterocycles. The fourth-order valence-electron chi connectivity index (χ4n) is 3.79. The molecule has 0 unspecified atom stereocenters. The molecule has 3 aromatic carbocycles. The van der Waals surface area contributed by atoms with E-state index in [1.54, 1.807) is 12.1 Å². The van der Waals surface area contributed by atoms with Gasteiger partial charge in [0.1, 0.15) is 17.6 Å². The van der Waals surface area contributed by atoms with E-state index in [2.05, 4.69) is 5.32 Å². The van der Waals surface area contributed by atoms with Crippen molar-refractivity contribution in [2.75, 3.05) is 13.2 Å². The van der Waals surface area contributed by atoms with Crippen LogP contribution in [0.4, 0.5) is 4.39 Å². The predicted octanol–water partition coefficient (Wildman–Crippen LogP) is 5.23. The zero-order valence-corrected chi connectivity index (χ0v) is 21.5. The molecule has 0 saturated carbocycles. The summed E-state index contributed by atoms with van der Waals surface area (Å²) in [4.78, 5) is 28.5. The van der Waals surface area contributed by atoms with Gasteiger partial charge in [-0.15, -0.1) is 0 Å². The van der Waals surface area contributed by atoms with E-state index in [0.717, 1.165) is 22.3 Å². The molecule has 0 fully saturated rings. The van der Waals surface area contributed by atoms with Crippen LogP contribution >= 0.6 is 0 Å². The Morgan fingerprint density at radius 1 is 0.917 bits per heavy atom. The van der Waals surface area contributed by atoms with Crippen LogP contribution in [0.15, 0.2) is 72.8 Å². The molecule has 1 atom stereocenters. The van der Waals surface area contributed by atoms with Crippen LogP contribution in [0, 0.1) is 25.6 Å². The second-order valence-corrected chi connectivity index (χ2v) is 9.53. The van der Waals surface area contributed by atoms with Gasteiger partial charge in [-0.2, -0.15) is 0 Å². The minimum Gasteiger partial charge on any atom is -0.484 e. The van der Waals surface area contributed by atoms with Crippen molar-refractivity contribution >= 4 is 11.8 Å². The van der Waals surface area contributed by atoms with Gasteiger partial charge >= 0.3 is 0 Å². The highest BCUT2D eigenvalue weighted by Crippen LogP contribution is 2.19. The fraction of sp³-hybridized carbons (Fsp3) is 0.333. The van der Waals surface area contributed by atoms with Crippen molar-refractivity contribution in [3.8, 4) is 5.75 Å². The van der Waals surface area contributed by atoms with Gasteiger partial charge in [-0.05, 0) is 66.3 Å². The monoisotopic (exact) mass is 490 g/mol. The Balaban J connectivity index is 1.89. The molecule has 6 heteroatoms. The first-order valence-electron chi connectivity index (χ1n) is 12.3. The lowest BCUT2D eigenvalue weighted by Gasteiger charge is -2.31. The summed E-state index contributed by atoms with van der Waals surface area (Å²) < 4.78 is 19.4. The van der Waals surface area contributed by atoms with Crippen LogP contribution < -0.4 is 10.1 Å². The van der Waals surface area contributed by atoms with Crippen molar-refractivity contribution in [2.45, 2.75) is 46.7 Å². The van der Waals surface area contributed by atoms with Crippen LogP contribution in [-0.2, 0) is 22.6 Å². The molecule has 0 aromatic heterocycles. The van der Waals surface area contributed by atoms with E-state index in [4.69, 9.17) is 4.74 Å². The highest BCUT2D eigenvalue weighted by Gasteiger charge is 2.30. The van der Waals surface area contributed by atoms with Gasteiger partial charge in [0.05, 0.1) is 0 Å². The third-order valence-electron chi connectivity index (χ3n) is 6.06. The van der Waals surface area contributed by atoms with E-state index >= 15 is 0 Å². The number of nitrogens with zero attached hydrogens (tertiary/aromatic N) is 1. The van der Waals surface area contributed by atoms with E-state index in [1.165, 1.54) is 17.0 Å². The molecule has 5 nitrogen and oxygen atoms in total. The van der Waals surface area contributed by atoms with Crippen LogP contribution in [0.1, 0.15) is 36.1 Å². The summed E-state index contributed by atoms with van der Waals surface area (Å²) in [5, 5.41) is 2.99. The molecule has 0 saturated heterocycles. The summed E-state index contributed by atoms with van der Waals surface area (Å²) in [6.07, 6.45) is 0.349. The number of hydrogen-bond donors (Lipinski definition) is 1. The summed E-state index contributed by atoms with van der Waals surface area (Å²) in [5.41, 5.74) is 3.87. The normalized spacial score (nSPS) is 11.7. The minimum absolute atomic E-state index is 0.155. The number of ether oxygens (including phenoxy) is 1. The summed E-state index contributed by atoms with van der Waals surface area (Å²) in [6, 6.07) is 20.5. The Labute approximate surface area is 213 Å². The maximum Gasteiger partial charge on any atom is 0.261 e. The number of nitrogens with one attached hydrogen (secondary N) is 1. The van der Waals surface area contributed by atoms with Crippen molar-refractivity contribution in [3.05, 3.63) is 101 Å². The summed E-state index contributed by atoms with van der Waals surface area (Å²) in [6.45, 7) is 8.48. The zero-order chi connectivity index (χ0) is 26.1. The summed E-state index contributed by atoms with van der Waals surface area (Å²) >= 11 is 0. The van der Waals surface area contributed by atoms with E-state index in [9.17, 15) is 14.0 Å². The molecule has 1 N–H and O–H groups in total. The number of carbonyl (C=O) groups excluding carboxylic acids is 2. The van der Waals surface area contributed by atoms with Crippen LogP contribution in [0.3, 0.4) is 0 Å². The molecule has 0 bridgehead atoms. The molecule has 190 valence electrons. The first-order chi connectivity index (χ1) is 17.2. The number of aryl methyl sites for hydroxylation is 2. The van der Waals surface area contributed by atoms with Crippen molar-refractivity contribution in [2.24, 2.45) is 5.92 Å². The second kappa shape index (κ2) is 12.9. The highest BCUT2D eigenvalue weighted by atomic mass is 19.1. The van der Waals surface area contributed by atoms with E-state index in [0.29, 0.717) is 18.7 Å². The molecule has 0 aliphatic rings. The van der Waals surface area contributed by atoms with Gasteiger partial charge in [-0.3, -0.25) is 9.59 Å². The van der Waals surface area contributed by atoms with E-state index in [1.807, 2.05) is 76.2 Å². The first-order valence-corrected chi connectivity index (χ1v) is 12.3. The Morgan fingerprint density at radius 3 is 2.25 bits per heavy atom. The van der Waals surface area contributed by atoms with Crippen LogP contribution in [0.25, 0.3) is 0 Å². The van der Waals surface area contributed by atoms with E-state index in [-0.39, 0.29) is 36.7 Å². The van der Waals surface area contributed by atoms with Crippen molar-refractivity contribution < 1.29 is 18.7 Å². The molecule has 2 amide bonds. The molecular weight excluding hydrogens is 455 g/mol. The highest BCUT2D eigenvalue weighted by molar-refractivity contribution is 5.88. The summed E-state index contributed by atoms with van der Waals surface area (Å²) in [5.74, 6) is -0.0460. The third-order valence-corrected chi connectivity index (χ3v) is 6.06. The molecule has 0 radical (unpaired) electrons. The van der Waals surface area contributed by atoms with Crippen LogP contribution in [0.5, 0.6) is 5.75 Å². The van der Waals surface area contributed by atoms with E-state index < -0.39 is 6.04 Å². The van der Waals surface area contributed by atoms with Gasteiger partial charge in [-0.25, -0.2) is 4.39 Å². The lowest BCUT2D eigenvalue weighted by atomic mass is 10.0. The van der Waals surface area contributed by atoms with Gasteiger partial charge in [-0.1, -0.05) is 62.4 Å². The molecular formula is C30H35FN2O3. The number of benzene rings is 3. The zero-order valence-electron chi connectivity index (χ0n) is 21.5. The lowest BCUT2D eigenvalue weighted by molar-refractivity contribution is -0.142. The van der Waals surface area contributed by atoms with Gasteiger partial charge < -0.3 is 15.0 Å². The third kappa shape index (κ3) is 7.94. The molecule has 0 spiro atoms. The molecule has 0 aliphatic heterocycles. The average Bonchev–Trinajstić information content (AvgIpc) is 2.87. The minimum atomic E-state index is -0.757. The van der Waals surface area contributed by atoms with Crippen molar-refractivity contribution in [1.82, 2.24) is 10.2 Å². The quantitative estimate of drug-likeness (QED) is 0.400. The Kier molecular flexibility index (Phi) is 9.62. The van der Waals surface area contributed by atoms with Crippen molar-refractivity contribution in [3.63, 3.8) is 0 Å². The van der Waals surface area contributed by atoms with Gasteiger partial charge in [0.2, 0.25) is 5.91 Å². The van der Waals surface area contributed by atoms with Gasteiger partial charge in [0.15, 0.2) is 6.61 Å². The van der Waals surface area contributed by atoms with Crippen LogP contribution in [-0.4, -0.2) is 35.9 Å². The topological polar surface area (TPSA) is 58.6 Å². The molecule has 3 aromatic rings. The van der Waals surface area contributed by atoms with Crippen molar-refractivity contribution in [1.29, 1.82) is 0 Å². The number of carbonyl (C=O) groups is 2. The summed E-state index contributed by atoms with van der Waals surface area (Å²) in [7, 11) is 0. The Bertz CT molecular complexity index is 1150. The molecule has 0 aliphatic carbocycles. The number of rotatable bonds is 11. The van der Waals surface area contributed by atoms with Crippen LogP contribution in [0.2, 0.25) is 0 Å². The van der Waals surface area contributed by atoms with Gasteiger partial charge in [0, 0.05) is 19.5 Å². The van der Waals surface area contributed by atoms with Gasteiger partial charge in [0.25, 0.3) is 5.91 Å². The Morgan fingerprint density at radius 2 is 1.61 bits per heavy atom. The number of halogens is 1. The SMILES string of the molecule is Cc1ccc(OCC(=O)N(Cc2ccc(F)cc2)[C@H](Cc2ccccc2)C(=O)NCC(C)C)cc1C. The number of amides is 2. The first kappa shape index (κ1) is 26.9. The molecule has 36 heavy (non-hydrogen) atoms. The predicted molar refractivity (Wildman–Crippen MR) is 140 cm³/mol. The second-order valence-electron chi connectivity index (χ2n) is 9.53. The maximum absolute atomic E-state index is 13.6. The number of hydrogen-bond acceptors (Lipinski definition) is 3. The fourth-order valence-corrected chi connectivity index (χ4v) is 3.79. The smallest absolute Gasteiger partial charge is 0.261 e. The Hall–Kier alpha value is -3.67. The lowest BCUT2D eigenvalue weighted by Crippen LogP contribution is -2.52. The largest absolute Gasteiger partial charge is 0.484 e. The standard InChI is InChI=1S/C30H35FN2O3/c1-21(2)18-32-30(35)28(17-24-8-6-5-7-9-24)33(19-25-11-13-26(31)14-12-25)29(34)20-36-27-15-10-22(3)23(4)16-27/h5-16,21,28H,17-20H2,1-4H3,(H,32,35)/t28-/m1/s1. The molecule has 3 rings (SSSR count). The average molecular weight is 491 g/mol.